The fraction of sp³-hybridized carbons (Fsp3) is 0.250. The molecule has 1 heterocycles. The van der Waals surface area contributed by atoms with E-state index in [0.717, 1.165) is 6.42 Å². The minimum Gasteiger partial charge on any atom is -0.481 e. The number of anilines is 2. The van der Waals surface area contributed by atoms with Gasteiger partial charge in [-0.2, -0.15) is 0 Å². The van der Waals surface area contributed by atoms with Crippen LogP contribution < -0.4 is 15.0 Å². The molecule has 1 aliphatic heterocycles. The molecule has 1 fully saturated rings. The Hall–Kier alpha value is -2.94. The first kappa shape index (κ1) is 20.8. The molecule has 0 unspecified atom stereocenters. The number of nitrogens with one attached hydrogen (secondary N) is 1. The summed E-state index contributed by atoms with van der Waals surface area (Å²) >= 11 is 3.13. The summed E-state index contributed by atoms with van der Waals surface area (Å²) in [5.74, 6) is -1.46. The van der Waals surface area contributed by atoms with Gasteiger partial charge in [-0.25, -0.2) is 9.18 Å². The lowest BCUT2D eigenvalue weighted by Gasteiger charge is -2.19. The van der Waals surface area contributed by atoms with Crippen molar-refractivity contribution in [2.75, 3.05) is 30.0 Å². The van der Waals surface area contributed by atoms with Crippen LogP contribution in [0.25, 0.3) is 0 Å². The highest BCUT2D eigenvalue weighted by molar-refractivity contribution is 9.10. The van der Waals surface area contributed by atoms with Crippen LogP contribution in [0.3, 0.4) is 0 Å². The molecule has 1 aliphatic rings. The maximum absolute atomic E-state index is 13.0. The quantitative estimate of drug-likeness (QED) is 0.635. The molecule has 152 valence electrons. The number of benzene rings is 2. The third-order valence-electron chi connectivity index (χ3n) is 4.15. The van der Waals surface area contributed by atoms with Gasteiger partial charge < -0.3 is 19.7 Å². The highest BCUT2D eigenvalue weighted by Crippen LogP contribution is 2.29. The highest BCUT2D eigenvalue weighted by Gasteiger charge is 2.24. The van der Waals surface area contributed by atoms with Crippen LogP contribution in [-0.4, -0.2) is 37.5 Å². The molecule has 0 aromatic heterocycles. The third kappa shape index (κ3) is 5.54. The molecule has 1 N–H and O–H groups in total. The van der Waals surface area contributed by atoms with Crippen molar-refractivity contribution in [3.05, 3.63) is 52.8 Å². The number of halogens is 2. The molecule has 0 aliphatic carbocycles. The molecule has 0 spiro atoms. The lowest BCUT2D eigenvalue weighted by Crippen LogP contribution is -2.27. The lowest BCUT2D eigenvalue weighted by molar-refractivity contribution is -0.149. The number of rotatable bonds is 7. The Labute approximate surface area is 174 Å². The molecular formula is C20H18BrFN2O5. The Morgan fingerprint density at radius 2 is 1.97 bits per heavy atom. The predicted molar refractivity (Wildman–Crippen MR) is 107 cm³/mol. The fourth-order valence-corrected chi connectivity index (χ4v) is 3.29. The van der Waals surface area contributed by atoms with Crippen molar-refractivity contribution in [2.24, 2.45) is 0 Å². The number of para-hydroxylation sites is 2. The van der Waals surface area contributed by atoms with Crippen molar-refractivity contribution < 1.29 is 28.2 Å². The maximum Gasteiger partial charge on any atom is 0.344 e. The van der Waals surface area contributed by atoms with Gasteiger partial charge in [-0.15, -0.1) is 0 Å². The number of nitrogens with zero attached hydrogens (tertiary/aromatic N) is 1. The molecule has 0 bridgehead atoms. The normalized spacial score (nSPS) is 13.3. The van der Waals surface area contributed by atoms with E-state index in [1.54, 1.807) is 29.2 Å². The van der Waals surface area contributed by atoms with Crippen molar-refractivity contribution in [1.29, 1.82) is 0 Å². The molecule has 2 aromatic rings. The molecule has 1 saturated heterocycles. The zero-order chi connectivity index (χ0) is 20.8. The summed E-state index contributed by atoms with van der Waals surface area (Å²) < 4.78 is 23.5. The minimum atomic E-state index is -0.751. The lowest BCUT2D eigenvalue weighted by atomic mass is 10.2. The third-order valence-corrected chi connectivity index (χ3v) is 4.77. The average molecular weight is 465 g/mol. The Balaban J connectivity index is 1.50. The summed E-state index contributed by atoms with van der Waals surface area (Å²) in [4.78, 5) is 37.5. The highest BCUT2D eigenvalue weighted by atomic mass is 79.9. The summed E-state index contributed by atoms with van der Waals surface area (Å²) in [6.45, 7) is -0.345. The summed E-state index contributed by atoms with van der Waals surface area (Å²) in [6, 6.07) is 10.7. The zero-order valence-corrected chi connectivity index (χ0v) is 16.9. The average Bonchev–Trinajstić information content (AvgIpc) is 3.12. The van der Waals surface area contributed by atoms with Crippen LogP contribution >= 0.6 is 15.9 Å². The van der Waals surface area contributed by atoms with Gasteiger partial charge in [0.25, 0.3) is 5.91 Å². The molecular weight excluding hydrogens is 447 g/mol. The van der Waals surface area contributed by atoms with Gasteiger partial charge in [0.1, 0.15) is 11.6 Å². The molecule has 0 radical (unpaired) electrons. The van der Waals surface area contributed by atoms with E-state index >= 15 is 0 Å². The largest absolute Gasteiger partial charge is 0.481 e. The van der Waals surface area contributed by atoms with Gasteiger partial charge in [0.05, 0.1) is 15.8 Å². The second kappa shape index (κ2) is 9.51. The molecule has 9 heteroatoms. The van der Waals surface area contributed by atoms with E-state index in [2.05, 4.69) is 21.2 Å². The Kier molecular flexibility index (Phi) is 6.82. The standard InChI is InChI=1S/C20H18BrFN2O5/c21-14-10-13(22)7-8-17(14)28-12-20(27)29-11-18(25)23-15-4-1-2-5-16(15)24-9-3-6-19(24)26/h1-2,4-5,7-8,10H,3,6,9,11-12H2,(H,23,25). The van der Waals surface area contributed by atoms with Crippen LogP contribution in [0, 0.1) is 5.82 Å². The first-order chi connectivity index (χ1) is 13.9. The topological polar surface area (TPSA) is 84.9 Å². The maximum atomic E-state index is 13.0. The molecule has 0 saturated carbocycles. The molecule has 2 aromatic carbocycles. The van der Waals surface area contributed by atoms with Gasteiger partial charge in [-0.3, -0.25) is 9.59 Å². The fourth-order valence-electron chi connectivity index (χ4n) is 2.82. The number of esters is 1. The van der Waals surface area contributed by atoms with Crippen molar-refractivity contribution in [1.82, 2.24) is 0 Å². The van der Waals surface area contributed by atoms with Gasteiger partial charge >= 0.3 is 5.97 Å². The van der Waals surface area contributed by atoms with Crippen molar-refractivity contribution in [3.8, 4) is 5.75 Å². The monoisotopic (exact) mass is 464 g/mol. The van der Waals surface area contributed by atoms with E-state index < -0.39 is 30.9 Å². The van der Waals surface area contributed by atoms with Crippen LogP contribution in [0.15, 0.2) is 46.9 Å². The van der Waals surface area contributed by atoms with E-state index in [-0.39, 0.29) is 11.7 Å². The first-order valence-corrected chi connectivity index (χ1v) is 9.66. The zero-order valence-electron chi connectivity index (χ0n) is 15.3. The summed E-state index contributed by atoms with van der Waals surface area (Å²) in [5, 5.41) is 2.65. The second-order valence-corrected chi connectivity index (χ2v) is 7.09. The first-order valence-electron chi connectivity index (χ1n) is 8.87. The van der Waals surface area contributed by atoms with Gasteiger partial charge in [0.15, 0.2) is 13.2 Å². The summed E-state index contributed by atoms with van der Waals surface area (Å²) in [5.41, 5.74) is 1.08. The van der Waals surface area contributed by atoms with E-state index in [4.69, 9.17) is 9.47 Å². The molecule has 0 atom stereocenters. The molecule has 3 rings (SSSR count). The van der Waals surface area contributed by atoms with E-state index in [0.29, 0.717) is 28.8 Å². The Morgan fingerprint density at radius 1 is 1.17 bits per heavy atom. The number of amides is 2. The minimum absolute atomic E-state index is 0.00206. The summed E-state index contributed by atoms with van der Waals surface area (Å²) in [6.07, 6.45) is 1.24. The van der Waals surface area contributed by atoms with Gasteiger partial charge in [0.2, 0.25) is 5.91 Å². The Morgan fingerprint density at radius 3 is 2.69 bits per heavy atom. The van der Waals surface area contributed by atoms with Crippen molar-refractivity contribution in [3.63, 3.8) is 0 Å². The predicted octanol–water partition coefficient (Wildman–Crippen LogP) is 3.28. The summed E-state index contributed by atoms with van der Waals surface area (Å²) in [7, 11) is 0. The van der Waals surface area contributed by atoms with Gasteiger partial charge in [-0.1, -0.05) is 12.1 Å². The van der Waals surface area contributed by atoms with Gasteiger partial charge in [0, 0.05) is 13.0 Å². The van der Waals surface area contributed by atoms with Crippen molar-refractivity contribution >= 4 is 45.1 Å². The van der Waals surface area contributed by atoms with Crippen LogP contribution in [-0.2, 0) is 19.1 Å². The van der Waals surface area contributed by atoms with Crippen molar-refractivity contribution in [2.45, 2.75) is 12.8 Å². The van der Waals surface area contributed by atoms with Gasteiger partial charge in [-0.05, 0) is 52.7 Å². The molecule has 7 nitrogen and oxygen atoms in total. The van der Waals surface area contributed by atoms with Crippen LogP contribution in [0.5, 0.6) is 5.75 Å². The van der Waals surface area contributed by atoms with Crippen LogP contribution in [0.4, 0.5) is 15.8 Å². The van der Waals surface area contributed by atoms with E-state index in [1.165, 1.54) is 18.2 Å². The number of carbonyl (C=O) groups is 3. The van der Waals surface area contributed by atoms with Crippen LogP contribution in [0.2, 0.25) is 0 Å². The van der Waals surface area contributed by atoms with E-state index in [9.17, 15) is 18.8 Å². The molecule has 29 heavy (non-hydrogen) atoms. The van der Waals surface area contributed by atoms with E-state index in [1.807, 2.05) is 0 Å². The number of hydrogen-bond acceptors (Lipinski definition) is 5. The SMILES string of the molecule is O=C(COC(=O)COc1ccc(F)cc1Br)Nc1ccccc1N1CCCC1=O. The Bertz CT molecular complexity index is 937. The smallest absolute Gasteiger partial charge is 0.344 e. The molecule has 2 amide bonds. The number of hydrogen-bond donors (Lipinski definition) is 1. The van der Waals surface area contributed by atoms with Crippen LogP contribution in [0.1, 0.15) is 12.8 Å². The number of ether oxygens (including phenoxy) is 2. The number of carbonyl (C=O) groups excluding carboxylic acids is 3. The second-order valence-electron chi connectivity index (χ2n) is 6.24.